The van der Waals surface area contributed by atoms with Crippen molar-refractivity contribution in [3.63, 3.8) is 0 Å². The normalized spacial score (nSPS) is 11.0. The molecule has 1 aromatic carbocycles. The van der Waals surface area contributed by atoms with E-state index in [-0.39, 0.29) is 18.6 Å². The lowest BCUT2D eigenvalue weighted by Gasteiger charge is -2.04. The van der Waals surface area contributed by atoms with E-state index in [1.807, 2.05) is 18.2 Å². The first-order chi connectivity index (χ1) is 12.1. The number of aromatic nitrogens is 3. The highest BCUT2D eigenvalue weighted by Gasteiger charge is 2.01. The molecule has 0 bridgehead atoms. The van der Waals surface area contributed by atoms with Crippen LogP contribution in [0.25, 0.3) is 23.1 Å². The summed E-state index contributed by atoms with van der Waals surface area (Å²) in [4.78, 5) is 33.5. The summed E-state index contributed by atoms with van der Waals surface area (Å²) < 4.78 is 5.33. The predicted octanol–water partition coefficient (Wildman–Crippen LogP) is 2.34. The SMILES string of the molecule is O=C(O)CCOc1ccc(C=Cc2nc3cnccc3c(=O)[nH]2)cc1. The van der Waals surface area contributed by atoms with Crippen LogP contribution >= 0.6 is 0 Å². The maximum atomic E-state index is 12.0. The fraction of sp³-hybridized carbons (Fsp3) is 0.111. The van der Waals surface area contributed by atoms with Crippen molar-refractivity contribution in [3.8, 4) is 5.75 Å². The van der Waals surface area contributed by atoms with Gasteiger partial charge in [-0.05, 0) is 29.8 Å². The van der Waals surface area contributed by atoms with Crippen LogP contribution in [-0.2, 0) is 4.79 Å². The Balaban J connectivity index is 1.71. The van der Waals surface area contributed by atoms with E-state index in [0.717, 1.165) is 5.56 Å². The van der Waals surface area contributed by atoms with Crippen LogP contribution in [0.15, 0.2) is 47.5 Å². The van der Waals surface area contributed by atoms with Gasteiger partial charge in [-0.15, -0.1) is 0 Å². The zero-order valence-corrected chi connectivity index (χ0v) is 13.2. The molecule has 126 valence electrons. The number of ether oxygens (including phenoxy) is 1. The van der Waals surface area contributed by atoms with Crippen LogP contribution in [0.2, 0.25) is 0 Å². The Bertz CT molecular complexity index is 978. The smallest absolute Gasteiger partial charge is 0.306 e. The second-order valence-corrected chi connectivity index (χ2v) is 5.24. The molecule has 0 spiro atoms. The summed E-state index contributed by atoms with van der Waals surface area (Å²) in [6, 6.07) is 8.78. The summed E-state index contributed by atoms with van der Waals surface area (Å²) in [5.41, 5.74) is 1.21. The zero-order valence-electron chi connectivity index (χ0n) is 13.2. The first-order valence-corrected chi connectivity index (χ1v) is 7.58. The van der Waals surface area contributed by atoms with Gasteiger partial charge in [0.25, 0.3) is 5.56 Å². The number of H-pyrrole nitrogens is 1. The fourth-order valence-electron chi connectivity index (χ4n) is 2.19. The van der Waals surface area contributed by atoms with Gasteiger partial charge < -0.3 is 14.8 Å². The topological polar surface area (TPSA) is 105 Å². The Morgan fingerprint density at radius 3 is 2.76 bits per heavy atom. The molecule has 0 radical (unpaired) electrons. The third-order valence-electron chi connectivity index (χ3n) is 3.43. The Hall–Kier alpha value is -3.48. The Kier molecular flexibility index (Phi) is 4.84. The Labute approximate surface area is 142 Å². The van der Waals surface area contributed by atoms with Gasteiger partial charge in [0, 0.05) is 6.20 Å². The number of aromatic amines is 1. The van der Waals surface area contributed by atoms with E-state index < -0.39 is 5.97 Å². The zero-order chi connectivity index (χ0) is 17.6. The van der Waals surface area contributed by atoms with Gasteiger partial charge in [0.05, 0.1) is 30.1 Å². The molecule has 0 fully saturated rings. The second kappa shape index (κ2) is 7.39. The molecule has 7 heteroatoms. The standard InChI is InChI=1S/C18H15N3O4/c22-17(23)8-10-25-13-4-1-12(2-5-13)3-6-16-20-15-11-19-9-7-14(15)18(24)21-16/h1-7,9,11H,8,10H2,(H,22,23)(H,20,21,24). The van der Waals surface area contributed by atoms with Gasteiger partial charge in [-0.3, -0.25) is 14.6 Å². The molecule has 2 N–H and O–H groups in total. The number of pyridine rings is 1. The highest BCUT2D eigenvalue weighted by atomic mass is 16.5. The van der Waals surface area contributed by atoms with E-state index in [1.54, 1.807) is 36.7 Å². The number of nitrogens with zero attached hydrogens (tertiary/aromatic N) is 2. The molecule has 0 atom stereocenters. The highest BCUT2D eigenvalue weighted by Crippen LogP contribution is 2.14. The highest BCUT2D eigenvalue weighted by molar-refractivity contribution is 5.78. The van der Waals surface area contributed by atoms with Crippen molar-refractivity contribution in [2.75, 3.05) is 6.61 Å². The van der Waals surface area contributed by atoms with Crippen LogP contribution in [0.1, 0.15) is 17.8 Å². The van der Waals surface area contributed by atoms with Gasteiger partial charge in [-0.2, -0.15) is 0 Å². The number of carbonyl (C=O) groups is 1. The van der Waals surface area contributed by atoms with Gasteiger partial charge in [0.15, 0.2) is 0 Å². The van der Waals surface area contributed by atoms with Crippen LogP contribution in [-0.4, -0.2) is 32.6 Å². The molecule has 0 saturated heterocycles. The quantitative estimate of drug-likeness (QED) is 0.715. The minimum atomic E-state index is -0.897. The average Bonchev–Trinajstić information content (AvgIpc) is 2.61. The fourth-order valence-corrected chi connectivity index (χ4v) is 2.19. The van der Waals surface area contributed by atoms with E-state index >= 15 is 0 Å². The maximum absolute atomic E-state index is 12.0. The number of benzene rings is 1. The van der Waals surface area contributed by atoms with Crippen LogP contribution in [0, 0.1) is 0 Å². The lowest BCUT2D eigenvalue weighted by Crippen LogP contribution is -2.09. The van der Waals surface area contributed by atoms with Gasteiger partial charge in [-0.1, -0.05) is 18.2 Å². The number of aliphatic carboxylic acids is 1. The Morgan fingerprint density at radius 2 is 2.00 bits per heavy atom. The summed E-state index contributed by atoms with van der Waals surface area (Å²) in [6.45, 7) is 0.126. The van der Waals surface area contributed by atoms with E-state index in [4.69, 9.17) is 9.84 Å². The Morgan fingerprint density at radius 1 is 1.20 bits per heavy atom. The monoisotopic (exact) mass is 337 g/mol. The van der Waals surface area contributed by atoms with Crippen LogP contribution < -0.4 is 10.3 Å². The number of carboxylic acid groups (broad SMARTS) is 1. The van der Waals surface area contributed by atoms with Gasteiger partial charge in [0.2, 0.25) is 0 Å². The predicted molar refractivity (Wildman–Crippen MR) is 93.3 cm³/mol. The molecule has 0 aliphatic carbocycles. The van der Waals surface area contributed by atoms with Crippen molar-refractivity contribution in [2.24, 2.45) is 0 Å². The van der Waals surface area contributed by atoms with Crippen LogP contribution in [0.5, 0.6) is 5.75 Å². The van der Waals surface area contributed by atoms with Crippen LogP contribution in [0.3, 0.4) is 0 Å². The number of carboxylic acids is 1. The van der Waals surface area contributed by atoms with Crippen molar-refractivity contribution >= 4 is 29.0 Å². The molecule has 7 nitrogen and oxygen atoms in total. The van der Waals surface area contributed by atoms with Crippen molar-refractivity contribution < 1.29 is 14.6 Å². The van der Waals surface area contributed by atoms with E-state index in [0.29, 0.717) is 22.5 Å². The number of hydrogen-bond acceptors (Lipinski definition) is 5. The first-order valence-electron chi connectivity index (χ1n) is 7.58. The van der Waals surface area contributed by atoms with Crippen molar-refractivity contribution in [3.05, 3.63) is 64.5 Å². The third kappa shape index (κ3) is 4.29. The van der Waals surface area contributed by atoms with Crippen molar-refractivity contribution in [1.82, 2.24) is 15.0 Å². The number of fused-ring (bicyclic) bond motifs is 1. The lowest BCUT2D eigenvalue weighted by atomic mass is 10.2. The molecule has 0 amide bonds. The van der Waals surface area contributed by atoms with Gasteiger partial charge >= 0.3 is 5.97 Å². The summed E-state index contributed by atoms with van der Waals surface area (Å²) in [7, 11) is 0. The van der Waals surface area contributed by atoms with E-state index in [2.05, 4.69) is 15.0 Å². The van der Waals surface area contributed by atoms with Crippen LogP contribution in [0.4, 0.5) is 0 Å². The largest absolute Gasteiger partial charge is 0.493 e. The summed E-state index contributed by atoms with van der Waals surface area (Å²) in [6.07, 6.45) is 6.56. The molecule has 0 unspecified atom stereocenters. The minimum absolute atomic E-state index is 0.0441. The van der Waals surface area contributed by atoms with Gasteiger partial charge in [-0.25, -0.2) is 4.98 Å². The summed E-state index contributed by atoms with van der Waals surface area (Å²) in [5, 5.41) is 9.07. The average molecular weight is 337 g/mol. The minimum Gasteiger partial charge on any atom is -0.493 e. The molecular weight excluding hydrogens is 322 g/mol. The maximum Gasteiger partial charge on any atom is 0.306 e. The molecule has 0 aliphatic heterocycles. The molecule has 2 aromatic heterocycles. The summed E-state index contributed by atoms with van der Waals surface area (Å²) in [5.74, 6) is 0.139. The second-order valence-electron chi connectivity index (χ2n) is 5.24. The molecule has 3 aromatic rings. The molecule has 0 saturated carbocycles. The number of hydrogen-bond donors (Lipinski definition) is 2. The number of rotatable bonds is 6. The van der Waals surface area contributed by atoms with E-state index in [9.17, 15) is 9.59 Å². The van der Waals surface area contributed by atoms with E-state index in [1.165, 1.54) is 0 Å². The third-order valence-corrected chi connectivity index (χ3v) is 3.43. The summed E-state index contributed by atoms with van der Waals surface area (Å²) >= 11 is 0. The van der Waals surface area contributed by atoms with Gasteiger partial charge in [0.1, 0.15) is 11.6 Å². The lowest BCUT2D eigenvalue weighted by molar-refractivity contribution is -0.137. The number of nitrogens with one attached hydrogen (secondary N) is 1. The van der Waals surface area contributed by atoms with Crippen molar-refractivity contribution in [1.29, 1.82) is 0 Å². The molecular formula is C18H15N3O4. The molecule has 25 heavy (non-hydrogen) atoms. The first kappa shape index (κ1) is 16.4. The molecule has 0 aliphatic rings. The van der Waals surface area contributed by atoms with Crippen molar-refractivity contribution in [2.45, 2.75) is 6.42 Å². The molecule has 2 heterocycles. The molecule has 3 rings (SSSR count).